The van der Waals surface area contributed by atoms with Crippen molar-refractivity contribution in [3.05, 3.63) is 22.2 Å². The van der Waals surface area contributed by atoms with Gasteiger partial charge in [-0.15, -0.1) is 0 Å². The van der Waals surface area contributed by atoms with Crippen LogP contribution in [0, 0.1) is 0 Å². The van der Waals surface area contributed by atoms with Gasteiger partial charge in [0.1, 0.15) is 0 Å². The maximum Gasteiger partial charge on any atom is 0.0644 e. The molecule has 0 unspecified atom stereocenters. The molecule has 1 fully saturated rings. The first-order chi connectivity index (χ1) is 8.05. The van der Waals surface area contributed by atoms with Crippen LogP contribution in [0.2, 0.25) is 0 Å². The smallest absolute Gasteiger partial charge is 0.0644 e. The van der Waals surface area contributed by atoms with Crippen LogP contribution < -0.4 is 0 Å². The number of rotatable bonds is 3. The molecule has 96 valence electrons. The molecule has 1 aliphatic heterocycles. The van der Waals surface area contributed by atoms with Crippen molar-refractivity contribution in [2.24, 2.45) is 0 Å². The van der Waals surface area contributed by atoms with Crippen molar-refractivity contribution in [1.29, 1.82) is 0 Å². The van der Waals surface area contributed by atoms with Crippen molar-refractivity contribution in [2.45, 2.75) is 44.6 Å². The van der Waals surface area contributed by atoms with E-state index >= 15 is 0 Å². The van der Waals surface area contributed by atoms with Crippen molar-refractivity contribution >= 4 is 15.9 Å². The van der Waals surface area contributed by atoms with Crippen molar-refractivity contribution in [3.8, 4) is 0 Å². The number of aliphatic hydroxyl groups is 1. The van der Waals surface area contributed by atoms with Gasteiger partial charge in [-0.1, -0.05) is 33.7 Å². The third-order valence-electron chi connectivity index (χ3n) is 3.87. The third kappa shape index (κ3) is 4.23. The molecule has 0 aromatic heterocycles. The van der Waals surface area contributed by atoms with Gasteiger partial charge in [0.2, 0.25) is 0 Å². The second-order valence-corrected chi connectivity index (χ2v) is 6.55. The molecule has 0 radical (unpaired) electrons. The summed E-state index contributed by atoms with van der Waals surface area (Å²) in [6, 6.07) is 0. The topological polar surface area (TPSA) is 23.5 Å². The van der Waals surface area contributed by atoms with Gasteiger partial charge in [0.05, 0.1) is 5.60 Å². The lowest BCUT2D eigenvalue weighted by Crippen LogP contribution is -2.42. The Morgan fingerprint density at radius 3 is 2.59 bits per heavy atom. The van der Waals surface area contributed by atoms with Crippen molar-refractivity contribution in [2.75, 3.05) is 19.6 Å². The van der Waals surface area contributed by atoms with E-state index in [2.05, 4.69) is 33.0 Å². The van der Waals surface area contributed by atoms with Crippen molar-refractivity contribution in [1.82, 2.24) is 4.90 Å². The zero-order valence-corrected chi connectivity index (χ0v) is 12.2. The minimum atomic E-state index is -0.422. The fraction of sp³-hybridized carbons (Fsp3) is 0.714. The largest absolute Gasteiger partial charge is 0.390 e. The first kappa shape index (κ1) is 13.3. The van der Waals surface area contributed by atoms with Gasteiger partial charge in [-0.2, -0.15) is 0 Å². The molecule has 1 N–H and O–H groups in total. The highest BCUT2D eigenvalue weighted by molar-refractivity contribution is 9.11. The predicted octanol–water partition coefficient (Wildman–Crippen LogP) is 3.22. The Morgan fingerprint density at radius 2 is 2.00 bits per heavy atom. The predicted molar refractivity (Wildman–Crippen MR) is 75.2 cm³/mol. The third-order valence-corrected chi connectivity index (χ3v) is 4.53. The summed E-state index contributed by atoms with van der Waals surface area (Å²) in [5, 5.41) is 9.89. The van der Waals surface area contributed by atoms with Gasteiger partial charge in [-0.05, 0) is 43.5 Å². The van der Waals surface area contributed by atoms with E-state index in [0.29, 0.717) is 0 Å². The second-order valence-electron chi connectivity index (χ2n) is 5.53. The molecule has 17 heavy (non-hydrogen) atoms. The number of hydrogen-bond acceptors (Lipinski definition) is 2. The average Bonchev–Trinajstić information content (AvgIpc) is 2.30. The highest BCUT2D eigenvalue weighted by Crippen LogP contribution is 2.26. The maximum atomic E-state index is 9.89. The molecule has 1 aliphatic carbocycles. The van der Waals surface area contributed by atoms with Crippen LogP contribution in [0.25, 0.3) is 0 Å². The molecule has 2 rings (SSSR count). The normalized spacial score (nSPS) is 25.4. The molecule has 1 saturated heterocycles. The first-order valence-corrected chi connectivity index (χ1v) is 7.33. The summed E-state index contributed by atoms with van der Waals surface area (Å²) < 4.78 is 1.32. The summed E-state index contributed by atoms with van der Waals surface area (Å²) >= 11 is 3.53. The van der Waals surface area contributed by atoms with Gasteiger partial charge in [0.25, 0.3) is 0 Å². The summed E-state index contributed by atoms with van der Waals surface area (Å²) in [6.07, 6.45) is 9.80. The summed E-state index contributed by atoms with van der Waals surface area (Å²) in [6.45, 7) is 5.18. The van der Waals surface area contributed by atoms with E-state index in [1.54, 1.807) is 5.57 Å². The van der Waals surface area contributed by atoms with Gasteiger partial charge in [0.15, 0.2) is 0 Å². The average molecular weight is 300 g/mol. The van der Waals surface area contributed by atoms with Crippen LogP contribution in [0.1, 0.15) is 39.0 Å². The van der Waals surface area contributed by atoms with E-state index in [0.717, 1.165) is 38.9 Å². The van der Waals surface area contributed by atoms with Crippen LogP contribution in [0.4, 0.5) is 0 Å². The molecule has 0 amide bonds. The molecular formula is C14H22BrNO. The number of halogens is 1. The SMILES string of the molecule is CC1(O)CCN(CCC2=CC=C(Br)CC2)CC1. The minimum Gasteiger partial charge on any atom is -0.390 e. The Hall–Kier alpha value is -0.120. The van der Waals surface area contributed by atoms with Crippen LogP contribution in [-0.4, -0.2) is 35.2 Å². The van der Waals surface area contributed by atoms with Crippen LogP contribution in [0.15, 0.2) is 22.2 Å². The van der Waals surface area contributed by atoms with Gasteiger partial charge in [-0.25, -0.2) is 0 Å². The molecule has 0 aromatic carbocycles. The van der Waals surface area contributed by atoms with E-state index in [-0.39, 0.29) is 0 Å². The van der Waals surface area contributed by atoms with Crippen LogP contribution >= 0.6 is 15.9 Å². The van der Waals surface area contributed by atoms with E-state index < -0.39 is 5.60 Å². The second kappa shape index (κ2) is 5.68. The zero-order chi connectivity index (χ0) is 12.3. The van der Waals surface area contributed by atoms with E-state index in [4.69, 9.17) is 0 Å². The van der Waals surface area contributed by atoms with Gasteiger partial charge in [0, 0.05) is 19.6 Å². The number of allylic oxidation sites excluding steroid dienone is 3. The van der Waals surface area contributed by atoms with Gasteiger partial charge in [-0.3, -0.25) is 0 Å². The lowest BCUT2D eigenvalue weighted by molar-refractivity contribution is -0.00494. The molecule has 0 saturated carbocycles. The molecule has 2 nitrogen and oxygen atoms in total. The molecule has 0 aromatic rings. The van der Waals surface area contributed by atoms with Gasteiger partial charge >= 0.3 is 0 Å². The van der Waals surface area contributed by atoms with E-state index in [1.165, 1.54) is 17.3 Å². The van der Waals surface area contributed by atoms with Crippen LogP contribution in [0.3, 0.4) is 0 Å². The highest BCUT2D eigenvalue weighted by Gasteiger charge is 2.26. The maximum absolute atomic E-state index is 9.89. The molecule has 0 bridgehead atoms. The molecule has 0 atom stereocenters. The standard InChI is InChI=1S/C14H22BrNO/c1-14(17)7-10-16(11-8-14)9-6-12-2-4-13(15)5-3-12/h2,4,17H,3,5-11H2,1H3. The Labute approximate surface area is 113 Å². The molecular weight excluding hydrogens is 278 g/mol. The van der Waals surface area contributed by atoms with E-state index in [9.17, 15) is 5.11 Å². The molecule has 0 spiro atoms. The summed E-state index contributed by atoms with van der Waals surface area (Å²) in [5.41, 5.74) is 1.14. The number of nitrogens with zero attached hydrogens (tertiary/aromatic N) is 1. The summed E-state index contributed by atoms with van der Waals surface area (Å²) in [7, 11) is 0. The van der Waals surface area contributed by atoms with Crippen LogP contribution in [0.5, 0.6) is 0 Å². The van der Waals surface area contributed by atoms with E-state index in [1.807, 2.05) is 6.92 Å². The quantitative estimate of drug-likeness (QED) is 0.865. The number of piperidine rings is 1. The van der Waals surface area contributed by atoms with Gasteiger partial charge < -0.3 is 10.0 Å². The minimum absolute atomic E-state index is 0.422. The fourth-order valence-corrected chi connectivity index (χ4v) is 2.75. The summed E-state index contributed by atoms with van der Waals surface area (Å²) in [5.74, 6) is 0. The first-order valence-electron chi connectivity index (χ1n) is 6.54. The lowest BCUT2D eigenvalue weighted by Gasteiger charge is -2.36. The molecule has 3 heteroatoms. The molecule has 2 aliphatic rings. The summed E-state index contributed by atoms with van der Waals surface area (Å²) in [4.78, 5) is 2.48. The Bertz CT molecular complexity index is 323. The fourth-order valence-electron chi connectivity index (χ4n) is 2.42. The monoisotopic (exact) mass is 299 g/mol. The zero-order valence-electron chi connectivity index (χ0n) is 10.6. The Balaban J connectivity index is 1.73. The lowest BCUT2D eigenvalue weighted by atomic mass is 9.93. The number of hydrogen-bond donors (Lipinski definition) is 1. The Morgan fingerprint density at radius 1 is 1.29 bits per heavy atom. The van der Waals surface area contributed by atoms with Crippen LogP contribution in [-0.2, 0) is 0 Å². The Kier molecular flexibility index (Phi) is 4.45. The number of likely N-dealkylation sites (tertiary alicyclic amines) is 1. The highest BCUT2D eigenvalue weighted by atomic mass is 79.9. The van der Waals surface area contributed by atoms with Crippen molar-refractivity contribution in [3.63, 3.8) is 0 Å². The molecule has 1 heterocycles. The van der Waals surface area contributed by atoms with Crippen molar-refractivity contribution < 1.29 is 5.11 Å².